The maximum Gasteiger partial charge on any atom is 0.0552 e. The van der Waals surface area contributed by atoms with E-state index < -0.39 is 0 Å². The van der Waals surface area contributed by atoms with Crippen molar-refractivity contribution in [2.45, 2.75) is 44.2 Å². The van der Waals surface area contributed by atoms with Crippen molar-refractivity contribution in [2.75, 3.05) is 0 Å². The molecule has 1 atom stereocenters. The Labute approximate surface area is 91.1 Å². The maximum atomic E-state index is 9.45. The molecule has 0 bridgehead atoms. The van der Waals surface area contributed by atoms with Crippen LogP contribution in [0.4, 0.5) is 0 Å². The van der Waals surface area contributed by atoms with Crippen molar-refractivity contribution in [3.05, 3.63) is 35.4 Å². The SMILES string of the molecule is CC(O)Cc1ccccc1C1(N)CCC1. The summed E-state index contributed by atoms with van der Waals surface area (Å²) in [5, 5.41) is 9.45. The first-order chi connectivity index (χ1) is 7.12. The molecule has 0 heterocycles. The summed E-state index contributed by atoms with van der Waals surface area (Å²) in [5.74, 6) is 0. The molecule has 1 fully saturated rings. The molecule has 1 aromatic carbocycles. The number of rotatable bonds is 3. The lowest BCUT2D eigenvalue weighted by Crippen LogP contribution is -2.44. The Hall–Kier alpha value is -0.860. The largest absolute Gasteiger partial charge is 0.393 e. The Kier molecular flexibility index (Phi) is 2.81. The minimum Gasteiger partial charge on any atom is -0.393 e. The normalized spacial score (nSPS) is 20.7. The summed E-state index contributed by atoms with van der Waals surface area (Å²) in [5.41, 5.74) is 8.64. The lowest BCUT2D eigenvalue weighted by molar-refractivity contribution is 0.192. The van der Waals surface area contributed by atoms with Gasteiger partial charge in [-0.2, -0.15) is 0 Å². The summed E-state index contributed by atoms with van der Waals surface area (Å²) in [6.45, 7) is 1.82. The van der Waals surface area contributed by atoms with Gasteiger partial charge in [-0.25, -0.2) is 0 Å². The molecule has 82 valence electrons. The van der Waals surface area contributed by atoms with Crippen LogP contribution in [0.25, 0.3) is 0 Å². The van der Waals surface area contributed by atoms with Crippen molar-refractivity contribution < 1.29 is 5.11 Å². The maximum absolute atomic E-state index is 9.45. The Balaban J connectivity index is 2.29. The van der Waals surface area contributed by atoms with E-state index in [-0.39, 0.29) is 11.6 Å². The van der Waals surface area contributed by atoms with Crippen LogP contribution in [0.15, 0.2) is 24.3 Å². The predicted molar refractivity (Wildman–Crippen MR) is 61.5 cm³/mol. The van der Waals surface area contributed by atoms with Crippen LogP contribution in [0, 0.1) is 0 Å². The standard InChI is InChI=1S/C13H19NO/c1-10(15)9-11-5-2-3-6-12(11)13(14)7-4-8-13/h2-3,5-6,10,15H,4,7-9,14H2,1H3. The predicted octanol–water partition coefficient (Wildman–Crippen LogP) is 1.95. The topological polar surface area (TPSA) is 46.2 Å². The molecule has 0 aliphatic heterocycles. The van der Waals surface area contributed by atoms with Gasteiger partial charge in [0.15, 0.2) is 0 Å². The average molecular weight is 205 g/mol. The molecule has 1 aliphatic rings. The average Bonchev–Trinajstić information content (AvgIpc) is 2.14. The van der Waals surface area contributed by atoms with E-state index in [0.717, 1.165) is 12.8 Å². The van der Waals surface area contributed by atoms with Gasteiger partial charge in [0.1, 0.15) is 0 Å². The van der Waals surface area contributed by atoms with E-state index in [1.54, 1.807) is 0 Å². The quantitative estimate of drug-likeness (QED) is 0.792. The first-order valence-electron chi connectivity index (χ1n) is 5.67. The van der Waals surface area contributed by atoms with Crippen LogP contribution in [-0.4, -0.2) is 11.2 Å². The Bertz CT molecular complexity index is 342. The highest BCUT2D eigenvalue weighted by Gasteiger charge is 2.35. The number of benzene rings is 1. The van der Waals surface area contributed by atoms with Crippen LogP contribution in [0.3, 0.4) is 0 Å². The van der Waals surface area contributed by atoms with Crippen LogP contribution in [0.5, 0.6) is 0 Å². The Morgan fingerprint density at radius 2 is 2.07 bits per heavy atom. The van der Waals surface area contributed by atoms with Gasteiger partial charge in [0.2, 0.25) is 0 Å². The highest BCUT2D eigenvalue weighted by Crippen LogP contribution is 2.40. The number of aliphatic hydroxyl groups excluding tert-OH is 1. The lowest BCUT2D eigenvalue weighted by atomic mass is 9.71. The molecule has 2 rings (SSSR count). The molecule has 0 amide bonds. The van der Waals surface area contributed by atoms with E-state index >= 15 is 0 Å². The van der Waals surface area contributed by atoms with Gasteiger partial charge in [-0.15, -0.1) is 0 Å². The fraction of sp³-hybridized carbons (Fsp3) is 0.538. The van der Waals surface area contributed by atoms with Crippen LogP contribution >= 0.6 is 0 Å². The highest BCUT2D eigenvalue weighted by atomic mass is 16.3. The summed E-state index contributed by atoms with van der Waals surface area (Å²) < 4.78 is 0. The van der Waals surface area contributed by atoms with Gasteiger partial charge in [0.05, 0.1) is 6.10 Å². The molecule has 2 heteroatoms. The summed E-state index contributed by atoms with van der Waals surface area (Å²) in [6.07, 6.45) is 3.78. The van der Waals surface area contributed by atoms with Crippen LogP contribution in [0.1, 0.15) is 37.3 Å². The van der Waals surface area contributed by atoms with E-state index in [4.69, 9.17) is 5.73 Å². The van der Waals surface area contributed by atoms with Gasteiger partial charge in [-0.3, -0.25) is 0 Å². The summed E-state index contributed by atoms with van der Waals surface area (Å²) >= 11 is 0. The van der Waals surface area contributed by atoms with Crippen molar-refractivity contribution in [3.63, 3.8) is 0 Å². The van der Waals surface area contributed by atoms with Crippen molar-refractivity contribution in [2.24, 2.45) is 5.73 Å². The Morgan fingerprint density at radius 1 is 1.40 bits per heavy atom. The van der Waals surface area contributed by atoms with Gasteiger partial charge in [-0.1, -0.05) is 24.3 Å². The molecule has 2 nitrogen and oxygen atoms in total. The number of nitrogens with two attached hydrogens (primary N) is 1. The second kappa shape index (κ2) is 3.95. The third-order valence-corrected chi connectivity index (χ3v) is 3.31. The van der Waals surface area contributed by atoms with E-state index in [1.165, 1.54) is 17.5 Å². The zero-order valence-electron chi connectivity index (χ0n) is 9.24. The summed E-state index contributed by atoms with van der Waals surface area (Å²) in [4.78, 5) is 0. The molecule has 1 unspecified atom stereocenters. The monoisotopic (exact) mass is 205 g/mol. The smallest absolute Gasteiger partial charge is 0.0552 e. The van der Waals surface area contributed by atoms with Crippen LogP contribution in [-0.2, 0) is 12.0 Å². The number of aliphatic hydroxyl groups is 1. The molecule has 0 spiro atoms. The van der Waals surface area contributed by atoms with Gasteiger partial charge >= 0.3 is 0 Å². The van der Waals surface area contributed by atoms with Crippen LogP contribution < -0.4 is 5.73 Å². The fourth-order valence-corrected chi connectivity index (χ4v) is 2.33. The molecule has 15 heavy (non-hydrogen) atoms. The third-order valence-electron chi connectivity index (χ3n) is 3.31. The second-order valence-electron chi connectivity index (χ2n) is 4.72. The molecule has 1 aromatic rings. The number of hydrogen-bond acceptors (Lipinski definition) is 2. The first kappa shape index (κ1) is 10.7. The molecular formula is C13H19NO. The van der Waals surface area contributed by atoms with Gasteiger partial charge in [0.25, 0.3) is 0 Å². The molecular weight excluding hydrogens is 186 g/mol. The Morgan fingerprint density at radius 3 is 2.60 bits per heavy atom. The van der Waals surface area contributed by atoms with Crippen molar-refractivity contribution >= 4 is 0 Å². The first-order valence-corrected chi connectivity index (χ1v) is 5.67. The molecule has 0 radical (unpaired) electrons. The molecule has 0 saturated heterocycles. The van der Waals surface area contributed by atoms with Gasteiger partial charge in [0, 0.05) is 5.54 Å². The van der Waals surface area contributed by atoms with E-state index in [2.05, 4.69) is 12.1 Å². The van der Waals surface area contributed by atoms with Crippen LogP contribution in [0.2, 0.25) is 0 Å². The third kappa shape index (κ3) is 2.06. The molecule has 1 aliphatic carbocycles. The van der Waals surface area contributed by atoms with E-state index in [9.17, 15) is 5.11 Å². The van der Waals surface area contributed by atoms with Gasteiger partial charge in [-0.05, 0) is 43.7 Å². The summed E-state index contributed by atoms with van der Waals surface area (Å²) in [7, 11) is 0. The molecule has 1 saturated carbocycles. The van der Waals surface area contributed by atoms with E-state index in [1.807, 2.05) is 19.1 Å². The lowest BCUT2D eigenvalue weighted by Gasteiger charge is -2.40. The summed E-state index contributed by atoms with van der Waals surface area (Å²) in [6, 6.07) is 8.24. The second-order valence-corrected chi connectivity index (χ2v) is 4.72. The minimum absolute atomic E-state index is 0.120. The zero-order chi connectivity index (χ0) is 10.9. The molecule has 3 N–H and O–H groups in total. The molecule has 0 aromatic heterocycles. The minimum atomic E-state index is -0.296. The van der Waals surface area contributed by atoms with Crippen molar-refractivity contribution in [3.8, 4) is 0 Å². The van der Waals surface area contributed by atoms with E-state index in [0.29, 0.717) is 6.42 Å². The number of hydrogen-bond donors (Lipinski definition) is 2. The van der Waals surface area contributed by atoms with Gasteiger partial charge < -0.3 is 10.8 Å². The fourth-order valence-electron chi connectivity index (χ4n) is 2.33. The van der Waals surface area contributed by atoms with Crippen molar-refractivity contribution in [1.29, 1.82) is 0 Å². The van der Waals surface area contributed by atoms with Crippen molar-refractivity contribution in [1.82, 2.24) is 0 Å². The zero-order valence-corrected chi connectivity index (χ0v) is 9.24. The highest BCUT2D eigenvalue weighted by molar-refractivity contribution is 5.35.